The topological polar surface area (TPSA) is 80.5 Å². The summed E-state index contributed by atoms with van der Waals surface area (Å²) in [6.45, 7) is 3.64. The highest BCUT2D eigenvalue weighted by molar-refractivity contribution is 7.92. The van der Waals surface area contributed by atoms with Crippen LogP contribution >= 0.6 is 0 Å². The van der Waals surface area contributed by atoms with Crippen molar-refractivity contribution >= 4 is 32.2 Å². The number of rotatable bonds is 1. The molecule has 1 heterocycles. The minimum atomic E-state index is -3.13. The summed E-state index contributed by atoms with van der Waals surface area (Å²) >= 11 is 0. The number of nitrogen functional groups attached to an aromatic ring is 1. The molecule has 0 aliphatic carbocycles. The van der Waals surface area contributed by atoms with Crippen LogP contribution in [0.25, 0.3) is 10.8 Å². The number of nitrogens with zero attached hydrogens (tertiary/aromatic N) is 1. The van der Waals surface area contributed by atoms with Crippen molar-refractivity contribution in [1.82, 2.24) is 4.90 Å². The maximum absolute atomic E-state index is 12.9. The first-order valence-corrected chi connectivity index (χ1v) is 9.33. The van der Waals surface area contributed by atoms with Gasteiger partial charge >= 0.3 is 0 Å². The van der Waals surface area contributed by atoms with Crippen LogP contribution in [0, 0.1) is 0 Å². The monoisotopic (exact) mass is 332 g/mol. The first-order chi connectivity index (χ1) is 10.8. The minimum absolute atomic E-state index is 0.00225. The molecule has 3 rings (SSSR count). The van der Waals surface area contributed by atoms with E-state index in [0.29, 0.717) is 11.3 Å². The number of amides is 1. The normalized spacial score (nSPS) is 23.8. The van der Waals surface area contributed by atoms with E-state index in [-0.39, 0.29) is 24.2 Å². The Hall–Kier alpha value is -2.08. The number of hydrogen-bond acceptors (Lipinski definition) is 4. The van der Waals surface area contributed by atoms with E-state index in [9.17, 15) is 13.2 Å². The fraction of sp³-hybridized carbons (Fsp3) is 0.353. The molecule has 6 heteroatoms. The summed E-state index contributed by atoms with van der Waals surface area (Å²) in [5.41, 5.74) is 6.91. The third-order valence-electron chi connectivity index (χ3n) is 4.76. The molecule has 1 saturated heterocycles. The molecule has 122 valence electrons. The summed E-state index contributed by atoms with van der Waals surface area (Å²) in [5, 5.41) is 1.35. The molecule has 23 heavy (non-hydrogen) atoms. The molecule has 0 saturated carbocycles. The van der Waals surface area contributed by atoms with Gasteiger partial charge in [0.15, 0.2) is 9.84 Å². The Morgan fingerprint density at radius 3 is 2.43 bits per heavy atom. The quantitative estimate of drug-likeness (QED) is 0.811. The van der Waals surface area contributed by atoms with Crippen LogP contribution in [0.3, 0.4) is 0 Å². The Morgan fingerprint density at radius 1 is 1.17 bits per heavy atom. The molecule has 0 aromatic heterocycles. The van der Waals surface area contributed by atoms with Crippen LogP contribution in [-0.4, -0.2) is 42.8 Å². The average Bonchev–Trinajstić information content (AvgIpc) is 2.51. The van der Waals surface area contributed by atoms with Crippen molar-refractivity contribution in [3.8, 4) is 0 Å². The van der Waals surface area contributed by atoms with Gasteiger partial charge in [0.05, 0.1) is 16.6 Å². The summed E-state index contributed by atoms with van der Waals surface area (Å²) in [4.78, 5) is 14.5. The van der Waals surface area contributed by atoms with E-state index >= 15 is 0 Å². The first-order valence-electron chi connectivity index (χ1n) is 7.62. The number of fused-ring (bicyclic) bond motifs is 1. The van der Waals surface area contributed by atoms with Gasteiger partial charge in [-0.3, -0.25) is 4.79 Å². The standard InChI is InChI=1S/C17H20N2O3S/c1-11-12(2)23(21,22)8-7-19(11)17(20)15-9-13-5-3-4-6-14(13)10-16(15)18/h3-6,9-12H,7-8,18H2,1-2H3/t11-,12-/m1/s1. The van der Waals surface area contributed by atoms with Crippen LogP contribution in [0.5, 0.6) is 0 Å². The van der Waals surface area contributed by atoms with Crippen molar-refractivity contribution < 1.29 is 13.2 Å². The Morgan fingerprint density at radius 2 is 1.78 bits per heavy atom. The van der Waals surface area contributed by atoms with Crippen molar-refractivity contribution in [3.05, 3.63) is 42.0 Å². The molecule has 2 N–H and O–H groups in total. The fourth-order valence-electron chi connectivity index (χ4n) is 3.05. The Labute approximate surface area is 136 Å². The molecular weight excluding hydrogens is 312 g/mol. The number of carbonyl (C=O) groups is 1. The number of sulfone groups is 1. The maximum Gasteiger partial charge on any atom is 0.256 e. The molecule has 0 radical (unpaired) electrons. The Balaban J connectivity index is 1.99. The lowest BCUT2D eigenvalue weighted by molar-refractivity contribution is 0.0694. The summed E-state index contributed by atoms with van der Waals surface area (Å²) < 4.78 is 24.0. The lowest BCUT2D eigenvalue weighted by Gasteiger charge is -2.37. The zero-order chi connectivity index (χ0) is 16.8. The molecule has 5 nitrogen and oxygen atoms in total. The molecule has 0 spiro atoms. The van der Waals surface area contributed by atoms with E-state index in [1.807, 2.05) is 24.3 Å². The summed E-state index contributed by atoms with van der Waals surface area (Å²) in [6.07, 6.45) is 0. The molecule has 1 aliphatic heterocycles. The largest absolute Gasteiger partial charge is 0.398 e. The van der Waals surface area contributed by atoms with E-state index in [2.05, 4.69) is 0 Å². The molecule has 0 bridgehead atoms. The predicted octanol–water partition coefficient (Wildman–Crippen LogP) is 2.07. The van der Waals surface area contributed by atoms with Gasteiger partial charge in [0.25, 0.3) is 5.91 Å². The summed E-state index contributed by atoms with van der Waals surface area (Å²) in [5.74, 6) is -0.208. The van der Waals surface area contributed by atoms with Crippen molar-refractivity contribution in [2.45, 2.75) is 25.1 Å². The summed E-state index contributed by atoms with van der Waals surface area (Å²) in [7, 11) is -3.13. The van der Waals surface area contributed by atoms with Gasteiger partial charge in [-0.25, -0.2) is 8.42 Å². The second kappa shape index (κ2) is 5.53. The molecule has 2 atom stereocenters. The zero-order valence-electron chi connectivity index (χ0n) is 13.2. The molecular formula is C17H20N2O3S. The van der Waals surface area contributed by atoms with Crippen molar-refractivity contribution in [3.63, 3.8) is 0 Å². The third kappa shape index (κ3) is 2.67. The number of hydrogen-bond donors (Lipinski definition) is 1. The lowest BCUT2D eigenvalue weighted by Crippen LogP contribution is -2.54. The van der Waals surface area contributed by atoms with Crippen LogP contribution in [0.4, 0.5) is 5.69 Å². The molecule has 2 aromatic carbocycles. The second-order valence-corrected chi connectivity index (χ2v) is 8.58. The third-order valence-corrected chi connectivity index (χ3v) is 7.04. The Kier molecular flexibility index (Phi) is 3.80. The number of nitrogens with two attached hydrogens (primary N) is 1. The molecule has 1 fully saturated rings. The van der Waals surface area contributed by atoms with Crippen LogP contribution in [0.15, 0.2) is 36.4 Å². The number of benzene rings is 2. The van der Waals surface area contributed by atoms with Gasteiger partial charge in [0, 0.05) is 18.3 Å². The second-order valence-electron chi connectivity index (χ2n) is 6.10. The van der Waals surface area contributed by atoms with Gasteiger partial charge in [0.2, 0.25) is 0 Å². The van der Waals surface area contributed by atoms with Gasteiger partial charge in [-0.15, -0.1) is 0 Å². The summed E-state index contributed by atoms with van der Waals surface area (Å²) in [6, 6.07) is 10.9. The SMILES string of the molecule is C[C@@H]1[C@@H](C)S(=O)(=O)CCN1C(=O)c1cc2ccccc2cc1N. The van der Waals surface area contributed by atoms with Gasteiger partial charge in [0.1, 0.15) is 0 Å². The zero-order valence-corrected chi connectivity index (χ0v) is 14.0. The maximum atomic E-state index is 12.9. The molecule has 1 amide bonds. The molecule has 0 unspecified atom stereocenters. The average molecular weight is 332 g/mol. The van der Waals surface area contributed by atoms with Crippen LogP contribution < -0.4 is 5.73 Å². The predicted molar refractivity (Wildman–Crippen MR) is 92.1 cm³/mol. The molecule has 2 aromatic rings. The smallest absolute Gasteiger partial charge is 0.256 e. The van der Waals surface area contributed by atoms with Crippen LogP contribution in [0.1, 0.15) is 24.2 Å². The number of anilines is 1. The van der Waals surface area contributed by atoms with Gasteiger partial charge in [-0.2, -0.15) is 0 Å². The van der Waals surface area contributed by atoms with Crippen molar-refractivity contribution in [2.24, 2.45) is 0 Å². The van der Waals surface area contributed by atoms with Crippen molar-refractivity contribution in [1.29, 1.82) is 0 Å². The van der Waals surface area contributed by atoms with E-state index in [4.69, 9.17) is 5.73 Å². The Bertz CT molecular complexity index is 877. The molecule has 1 aliphatic rings. The highest BCUT2D eigenvalue weighted by Gasteiger charge is 2.38. The van der Waals surface area contributed by atoms with Gasteiger partial charge < -0.3 is 10.6 Å². The highest BCUT2D eigenvalue weighted by Crippen LogP contribution is 2.26. The lowest BCUT2D eigenvalue weighted by atomic mass is 10.0. The van der Waals surface area contributed by atoms with Crippen molar-refractivity contribution in [2.75, 3.05) is 18.0 Å². The van der Waals surface area contributed by atoms with E-state index in [0.717, 1.165) is 10.8 Å². The minimum Gasteiger partial charge on any atom is -0.398 e. The highest BCUT2D eigenvalue weighted by atomic mass is 32.2. The van der Waals surface area contributed by atoms with Gasteiger partial charge in [-0.1, -0.05) is 24.3 Å². The van der Waals surface area contributed by atoms with E-state index < -0.39 is 15.1 Å². The van der Waals surface area contributed by atoms with Gasteiger partial charge in [-0.05, 0) is 36.8 Å². The fourth-order valence-corrected chi connectivity index (χ4v) is 4.62. The first kappa shape index (κ1) is 15.8. The number of carbonyl (C=O) groups excluding carboxylic acids is 1. The van der Waals surface area contributed by atoms with E-state index in [1.165, 1.54) is 0 Å². The van der Waals surface area contributed by atoms with Crippen LogP contribution in [0.2, 0.25) is 0 Å². The van der Waals surface area contributed by atoms with Crippen LogP contribution in [-0.2, 0) is 9.84 Å². The van der Waals surface area contributed by atoms with E-state index in [1.54, 1.807) is 30.9 Å².